The van der Waals surface area contributed by atoms with Crippen molar-refractivity contribution in [2.45, 2.75) is 19.5 Å². The SMILES string of the molecule is CNC(C)c1nnnn1Cc1ccc(F)cc1F. The molecule has 0 saturated heterocycles. The molecule has 0 fully saturated rings. The Kier molecular flexibility index (Phi) is 3.61. The fourth-order valence-corrected chi connectivity index (χ4v) is 1.57. The van der Waals surface area contributed by atoms with E-state index in [1.54, 1.807) is 7.05 Å². The van der Waals surface area contributed by atoms with E-state index in [-0.39, 0.29) is 12.6 Å². The molecule has 1 atom stereocenters. The van der Waals surface area contributed by atoms with Gasteiger partial charge in [0.15, 0.2) is 5.82 Å². The molecule has 7 heteroatoms. The van der Waals surface area contributed by atoms with Gasteiger partial charge in [-0.15, -0.1) is 5.10 Å². The lowest BCUT2D eigenvalue weighted by Gasteiger charge is -2.10. The summed E-state index contributed by atoms with van der Waals surface area (Å²) in [6.45, 7) is 2.06. The summed E-state index contributed by atoms with van der Waals surface area (Å²) in [5.41, 5.74) is 0.341. The summed E-state index contributed by atoms with van der Waals surface area (Å²) in [5, 5.41) is 14.2. The molecule has 0 bridgehead atoms. The van der Waals surface area contributed by atoms with Crippen molar-refractivity contribution in [3.05, 3.63) is 41.2 Å². The van der Waals surface area contributed by atoms with E-state index in [9.17, 15) is 8.78 Å². The molecule has 96 valence electrons. The van der Waals surface area contributed by atoms with E-state index in [0.717, 1.165) is 6.07 Å². The Hall–Kier alpha value is -1.89. The van der Waals surface area contributed by atoms with Crippen LogP contribution >= 0.6 is 0 Å². The molecular formula is C11H13F2N5. The molecule has 0 spiro atoms. The van der Waals surface area contributed by atoms with E-state index in [1.807, 2.05) is 6.92 Å². The van der Waals surface area contributed by atoms with Gasteiger partial charge in [-0.2, -0.15) is 0 Å². The number of rotatable bonds is 4. The van der Waals surface area contributed by atoms with Crippen LogP contribution in [-0.4, -0.2) is 27.3 Å². The molecule has 0 aliphatic rings. The molecule has 0 aliphatic carbocycles. The zero-order chi connectivity index (χ0) is 13.1. The van der Waals surface area contributed by atoms with E-state index < -0.39 is 11.6 Å². The summed E-state index contributed by atoms with van der Waals surface area (Å²) in [4.78, 5) is 0. The molecule has 0 saturated carbocycles. The maximum atomic E-state index is 13.5. The van der Waals surface area contributed by atoms with Gasteiger partial charge in [0.05, 0.1) is 12.6 Å². The quantitative estimate of drug-likeness (QED) is 0.891. The lowest BCUT2D eigenvalue weighted by atomic mass is 10.2. The average Bonchev–Trinajstić information content (AvgIpc) is 2.80. The van der Waals surface area contributed by atoms with Crippen molar-refractivity contribution >= 4 is 0 Å². The largest absolute Gasteiger partial charge is 0.311 e. The van der Waals surface area contributed by atoms with E-state index in [2.05, 4.69) is 20.8 Å². The number of aromatic nitrogens is 4. The standard InChI is InChI=1S/C11H13F2N5/c1-7(14-2)11-15-16-17-18(11)6-8-3-4-9(12)5-10(8)13/h3-5,7,14H,6H2,1-2H3. The van der Waals surface area contributed by atoms with Crippen LogP contribution in [0.25, 0.3) is 0 Å². The van der Waals surface area contributed by atoms with Crippen molar-refractivity contribution < 1.29 is 8.78 Å². The Morgan fingerprint density at radius 2 is 2.17 bits per heavy atom. The van der Waals surface area contributed by atoms with E-state index in [0.29, 0.717) is 11.4 Å². The molecule has 1 heterocycles. The predicted molar refractivity (Wildman–Crippen MR) is 60.8 cm³/mol. The second-order valence-electron chi connectivity index (χ2n) is 3.94. The van der Waals surface area contributed by atoms with Gasteiger partial charge in [0, 0.05) is 11.6 Å². The van der Waals surface area contributed by atoms with Crippen LogP contribution in [0.15, 0.2) is 18.2 Å². The van der Waals surface area contributed by atoms with Gasteiger partial charge in [0.2, 0.25) is 0 Å². The Morgan fingerprint density at radius 3 is 2.83 bits per heavy atom. The van der Waals surface area contributed by atoms with Crippen LogP contribution in [0.1, 0.15) is 24.4 Å². The zero-order valence-electron chi connectivity index (χ0n) is 10.1. The number of tetrazole rings is 1. The van der Waals surface area contributed by atoms with Crippen LogP contribution in [-0.2, 0) is 6.54 Å². The molecule has 1 aromatic heterocycles. The van der Waals surface area contributed by atoms with Crippen molar-refractivity contribution in [3.63, 3.8) is 0 Å². The highest BCUT2D eigenvalue weighted by molar-refractivity contribution is 5.19. The normalized spacial score (nSPS) is 12.7. The van der Waals surface area contributed by atoms with Crippen LogP contribution in [0, 0.1) is 11.6 Å². The Morgan fingerprint density at radius 1 is 1.39 bits per heavy atom. The first-order valence-corrected chi connectivity index (χ1v) is 5.49. The minimum Gasteiger partial charge on any atom is -0.311 e. The lowest BCUT2D eigenvalue weighted by Crippen LogP contribution is -2.19. The topological polar surface area (TPSA) is 55.6 Å². The first-order valence-electron chi connectivity index (χ1n) is 5.49. The zero-order valence-corrected chi connectivity index (χ0v) is 10.1. The first-order chi connectivity index (χ1) is 8.61. The first kappa shape index (κ1) is 12.6. The average molecular weight is 253 g/mol. The molecular weight excluding hydrogens is 240 g/mol. The molecule has 0 aliphatic heterocycles. The summed E-state index contributed by atoms with van der Waals surface area (Å²) in [6.07, 6.45) is 0. The summed E-state index contributed by atoms with van der Waals surface area (Å²) >= 11 is 0. The Balaban J connectivity index is 2.26. The second kappa shape index (κ2) is 5.18. The van der Waals surface area contributed by atoms with Crippen molar-refractivity contribution in [3.8, 4) is 0 Å². The van der Waals surface area contributed by atoms with Gasteiger partial charge in [-0.05, 0) is 30.5 Å². The third kappa shape index (κ3) is 2.51. The van der Waals surface area contributed by atoms with Crippen molar-refractivity contribution in [2.24, 2.45) is 0 Å². The Bertz CT molecular complexity index is 540. The number of nitrogens with zero attached hydrogens (tertiary/aromatic N) is 4. The maximum absolute atomic E-state index is 13.5. The summed E-state index contributed by atoms with van der Waals surface area (Å²) < 4.78 is 27.8. The van der Waals surface area contributed by atoms with Crippen LogP contribution in [0.2, 0.25) is 0 Å². The highest BCUT2D eigenvalue weighted by Crippen LogP contribution is 2.13. The van der Waals surface area contributed by atoms with Crippen molar-refractivity contribution in [1.82, 2.24) is 25.5 Å². The predicted octanol–water partition coefficient (Wildman–Crippen LogP) is 1.28. The maximum Gasteiger partial charge on any atom is 0.168 e. The molecule has 1 N–H and O–H groups in total. The van der Waals surface area contributed by atoms with Gasteiger partial charge < -0.3 is 5.32 Å². The molecule has 2 rings (SSSR count). The molecule has 2 aromatic rings. The third-order valence-corrected chi connectivity index (χ3v) is 2.72. The van der Waals surface area contributed by atoms with Gasteiger partial charge in [0.1, 0.15) is 11.6 Å². The lowest BCUT2D eigenvalue weighted by molar-refractivity contribution is 0.519. The van der Waals surface area contributed by atoms with E-state index in [1.165, 1.54) is 16.8 Å². The van der Waals surface area contributed by atoms with Gasteiger partial charge in [-0.3, -0.25) is 0 Å². The molecule has 1 aromatic carbocycles. The number of halogens is 2. The molecule has 18 heavy (non-hydrogen) atoms. The number of benzene rings is 1. The van der Waals surface area contributed by atoms with Gasteiger partial charge in [0.25, 0.3) is 0 Å². The van der Waals surface area contributed by atoms with Crippen molar-refractivity contribution in [1.29, 1.82) is 0 Å². The van der Waals surface area contributed by atoms with Crippen LogP contribution < -0.4 is 5.32 Å². The van der Waals surface area contributed by atoms with Gasteiger partial charge >= 0.3 is 0 Å². The minimum atomic E-state index is -0.603. The fraction of sp³-hybridized carbons (Fsp3) is 0.364. The minimum absolute atomic E-state index is 0.0523. The number of hydrogen-bond acceptors (Lipinski definition) is 4. The molecule has 1 unspecified atom stereocenters. The molecule has 0 radical (unpaired) electrons. The fourth-order valence-electron chi connectivity index (χ4n) is 1.57. The number of hydrogen-bond donors (Lipinski definition) is 1. The monoisotopic (exact) mass is 253 g/mol. The highest BCUT2D eigenvalue weighted by Gasteiger charge is 2.14. The van der Waals surface area contributed by atoms with E-state index >= 15 is 0 Å². The molecule has 0 amide bonds. The Labute approximate surface area is 103 Å². The van der Waals surface area contributed by atoms with Crippen LogP contribution in [0.3, 0.4) is 0 Å². The summed E-state index contributed by atoms with van der Waals surface area (Å²) in [5.74, 6) is -0.605. The van der Waals surface area contributed by atoms with Crippen molar-refractivity contribution in [2.75, 3.05) is 7.05 Å². The van der Waals surface area contributed by atoms with Gasteiger partial charge in [-0.1, -0.05) is 6.07 Å². The third-order valence-electron chi connectivity index (χ3n) is 2.72. The molecule has 5 nitrogen and oxygen atoms in total. The van der Waals surface area contributed by atoms with E-state index in [4.69, 9.17) is 0 Å². The smallest absolute Gasteiger partial charge is 0.168 e. The van der Waals surface area contributed by atoms with Crippen LogP contribution in [0.4, 0.5) is 8.78 Å². The number of nitrogens with one attached hydrogen (secondary N) is 1. The van der Waals surface area contributed by atoms with Crippen LogP contribution in [0.5, 0.6) is 0 Å². The second-order valence-corrected chi connectivity index (χ2v) is 3.94. The van der Waals surface area contributed by atoms with Gasteiger partial charge in [-0.25, -0.2) is 13.5 Å². The summed E-state index contributed by atoms with van der Waals surface area (Å²) in [7, 11) is 1.78. The summed E-state index contributed by atoms with van der Waals surface area (Å²) in [6, 6.07) is 3.40. The highest BCUT2D eigenvalue weighted by atomic mass is 19.1.